The Kier molecular flexibility index (Phi) is 6.95. The summed E-state index contributed by atoms with van der Waals surface area (Å²) in [5.41, 5.74) is 2.38. The van der Waals surface area contributed by atoms with Crippen molar-refractivity contribution >= 4 is 0 Å². The second kappa shape index (κ2) is 9.21. The molecule has 0 radical (unpaired) electrons. The summed E-state index contributed by atoms with van der Waals surface area (Å²) >= 11 is 0. The number of phenols is 1. The predicted molar refractivity (Wildman–Crippen MR) is 95.0 cm³/mol. The first kappa shape index (κ1) is 17.4. The normalized spacial score (nSPS) is 15.8. The van der Waals surface area contributed by atoms with Gasteiger partial charge in [0.2, 0.25) is 0 Å². The second-order valence-electron chi connectivity index (χ2n) is 5.69. The number of aryl methyl sites for hydroxylation is 1. The third-order valence-electron chi connectivity index (χ3n) is 3.85. The Balaban J connectivity index is 0.000000185. The van der Waals surface area contributed by atoms with Crippen LogP contribution in [-0.2, 0) is 12.8 Å². The molecule has 2 aromatic rings. The molecule has 0 aliphatic carbocycles. The summed E-state index contributed by atoms with van der Waals surface area (Å²) in [5, 5.41) is 12.8. The smallest absolute Gasteiger partial charge is 0.150 e. The van der Waals surface area contributed by atoms with Gasteiger partial charge in [-0.3, -0.25) is 5.32 Å². The van der Waals surface area contributed by atoms with Gasteiger partial charge < -0.3 is 9.84 Å². The summed E-state index contributed by atoms with van der Waals surface area (Å²) in [6.07, 6.45) is 4.33. The molecule has 0 aromatic heterocycles. The molecule has 1 unspecified atom stereocenters. The highest BCUT2D eigenvalue weighted by molar-refractivity contribution is 5.45. The summed E-state index contributed by atoms with van der Waals surface area (Å²) in [4.78, 5) is 0. The van der Waals surface area contributed by atoms with Crippen LogP contribution in [0.4, 0.5) is 0 Å². The van der Waals surface area contributed by atoms with E-state index < -0.39 is 0 Å². The Labute approximate surface area is 139 Å². The zero-order chi connectivity index (χ0) is 16.5. The molecule has 0 saturated heterocycles. The van der Waals surface area contributed by atoms with E-state index in [1.165, 1.54) is 18.4 Å². The first-order chi connectivity index (χ1) is 11.2. The third-order valence-corrected chi connectivity index (χ3v) is 3.85. The van der Waals surface area contributed by atoms with Crippen LogP contribution >= 0.6 is 0 Å². The Morgan fingerprint density at radius 3 is 2.57 bits per heavy atom. The van der Waals surface area contributed by atoms with Crippen molar-refractivity contribution in [3.05, 3.63) is 59.7 Å². The first-order valence-electron chi connectivity index (χ1n) is 8.49. The van der Waals surface area contributed by atoms with Crippen LogP contribution in [-0.4, -0.2) is 17.9 Å². The molecular weight excluding hydrogens is 286 g/mol. The van der Waals surface area contributed by atoms with Gasteiger partial charge in [0.1, 0.15) is 11.5 Å². The lowest BCUT2D eigenvalue weighted by Gasteiger charge is -2.26. The number of hydrogen-bond acceptors (Lipinski definition) is 3. The quantitative estimate of drug-likeness (QED) is 0.884. The number of fused-ring (bicyclic) bond motifs is 1. The molecule has 23 heavy (non-hydrogen) atoms. The Bertz CT molecular complexity index is 583. The molecule has 3 heteroatoms. The topological polar surface area (TPSA) is 41.5 Å². The number of nitrogens with one attached hydrogen (secondary N) is 1. The van der Waals surface area contributed by atoms with Crippen LogP contribution in [0.5, 0.6) is 11.5 Å². The highest BCUT2D eigenvalue weighted by atomic mass is 16.5. The zero-order valence-corrected chi connectivity index (χ0v) is 14.1. The van der Waals surface area contributed by atoms with Crippen molar-refractivity contribution in [2.24, 2.45) is 0 Å². The van der Waals surface area contributed by atoms with Crippen LogP contribution in [0.25, 0.3) is 0 Å². The minimum Gasteiger partial charge on any atom is -0.508 e. The average molecular weight is 313 g/mol. The van der Waals surface area contributed by atoms with E-state index in [0.29, 0.717) is 5.75 Å². The minimum absolute atomic E-state index is 0.0919. The van der Waals surface area contributed by atoms with Crippen LogP contribution < -0.4 is 10.1 Å². The molecule has 1 aliphatic heterocycles. The van der Waals surface area contributed by atoms with E-state index >= 15 is 0 Å². The number of ether oxygens (including phenoxy) is 1. The SMILES string of the molecule is CCCc1ccccc1.CCNC1CCc2c(O)cccc2O1. The molecular formula is C20H27NO2. The van der Waals surface area contributed by atoms with Gasteiger partial charge in [0.25, 0.3) is 0 Å². The Hall–Kier alpha value is -2.00. The largest absolute Gasteiger partial charge is 0.508 e. The number of rotatable bonds is 4. The maximum atomic E-state index is 9.57. The number of aromatic hydroxyl groups is 1. The third kappa shape index (κ3) is 5.29. The van der Waals surface area contributed by atoms with E-state index in [-0.39, 0.29) is 6.23 Å². The van der Waals surface area contributed by atoms with Gasteiger partial charge in [0, 0.05) is 12.0 Å². The molecule has 1 heterocycles. The molecule has 2 N–H and O–H groups in total. The zero-order valence-electron chi connectivity index (χ0n) is 14.1. The van der Waals surface area contributed by atoms with Crippen molar-refractivity contribution in [2.75, 3.05) is 6.54 Å². The summed E-state index contributed by atoms with van der Waals surface area (Å²) in [7, 11) is 0. The molecule has 3 nitrogen and oxygen atoms in total. The van der Waals surface area contributed by atoms with E-state index in [4.69, 9.17) is 4.74 Å². The van der Waals surface area contributed by atoms with Crippen LogP contribution in [0.2, 0.25) is 0 Å². The number of benzene rings is 2. The van der Waals surface area contributed by atoms with E-state index in [9.17, 15) is 5.11 Å². The molecule has 0 fully saturated rings. The lowest BCUT2D eigenvalue weighted by molar-refractivity contribution is 0.139. The standard InChI is InChI=1S/C11H15NO2.C9H12/c1-2-12-11-7-6-8-9(13)4-3-5-10(8)14-11;1-2-6-9-7-4-3-5-8-9/h3-5,11-13H,2,6-7H2,1H3;3-5,7-8H,2,6H2,1H3. The lowest BCUT2D eigenvalue weighted by Crippen LogP contribution is -2.37. The fourth-order valence-corrected chi connectivity index (χ4v) is 2.71. The van der Waals surface area contributed by atoms with Crippen molar-refractivity contribution < 1.29 is 9.84 Å². The molecule has 0 saturated carbocycles. The molecule has 3 rings (SSSR count). The van der Waals surface area contributed by atoms with Gasteiger partial charge >= 0.3 is 0 Å². The fourth-order valence-electron chi connectivity index (χ4n) is 2.71. The van der Waals surface area contributed by atoms with Gasteiger partial charge in [-0.05, 0) is 37.1 Å². The predicted octanol–water partition coefficient (Wildman–Crippen LogP) is 4.29. The molecule has 1 atom stereocenters. The molecule has 2 aromatic carbocycles. The van der Waals surface area contributed by atoms with Gasteiger partial charge in [-0.15, -0.1) is 0 Å². The average Bonchev–Trinajstić information content (AvgIpc) is 2.57. The van der Waals surface area contributed by atoms with E-state index in [1.54, 1.807) is 6.07 Å². The maximum absolute atomic E-state index is 9.57. The molecule has 0 spiro atoms. The molecule has 124 valence electrons. The van der Waals surface area contributed by atoms with Crippen molar-refractivity contribution in [1.82, 2.24) is 5.32 Å². The van der Waals surface area contributed by atoms with Crippen molar-refractivity contribution in [2.45, 2.75) is 45.8 Å². The van der Waals surface area contributed by atoms with Crippen LogP contribution in [0.1, 0.15) is 37.8 Å². The van der Waals surface area contributed by atoms with Crippen molar-refractivity contribution in [3.63, 3.8) is 0 Å². The van der Waals surface area contributed by atoms with Gasteiger partial charge in [0.15, 0.2) is 6.23 Å². The number of phenolic OH excluding ortho intramolecular Hbond substituents is 1. The monoisotopic (exact) mass is 313 g/mol. The van der Waals surface area contributed by atoms with Crippen LogP contribution in [0.3, 0.4) is 0 Å². The second-order valence-corrected chi connectivity index (χ2v) is 5.69. The van der Waals surface area contributed by atoms with Crippen LogP contribution in [0.15, 0.2) is 48.5 Å². The summed E-state index contributed by atoms with van der Waals surface area (Å²) in [5.74, 6) is 1.15. The fraction of sp³-hybridized carbons (Fsp3) is 0.400. The highest BCUT2D eigenvalue weighted by Gasteiger charge is 2.20. The van der Waals surface area contributed by atoms with Gasteiger partial charge in [-0.1, -0.05) is 56.7 Å². The van der Waals surface area contributed by atoms with Gasteiger partial charge in [-0.25, -0.2) is 0 Å². The van der Waals surface area contributed by atoms with E-state index in [1.807, 2.05) is 12.1 Å². The maximum Gasteiger partial charge on any atom is 0.150 e. The van der Waals surface area contributed by atoms with Gasteiger partial charge in [0.05, 0.1) is 0 Å². The lowest BCUT2D eigenvalue weighted by atomic mass is 10.0. The highest BCUT2D eigenvalue weighted by Crippen LogP contribution is 2.33. The molecule has 0 amide bonds. The van der Waals surface area contributed by atoms with E-state index in [2.05, 4.69) is 49.5 Å². The summed E-state index contributed by atoms with van der Waals surface area (Å²) < 4.78 is 5.68. The number of hydrogen-bond donors (Lipinski definition) is 2. The minimum atomic E-state index is 0.0919. The summed E-state index contributed by atoms with van der Waals surface area (Å²) in [6, 6.07) is 16.0. The Morgan fingerprint density at radius 1 is 1.09 bits per heavy atom. The molecule has 0 bridgehead atoms. The van der Waals surface area contributed by atoms with E-state index in [0.717, 1.165) is 30.7 Å². The van der Waals surface area contributed by atoms with Gasteiger partial charge in [-0.2, -0.15) is 0 Å². The van der Waals surface area contributed by atoms with Crippen molar-refractivity contribution in [3.8, 4) is 11.5 Å². The first-order valence-corrected chi connectivity index (χ1v) is 8.49. The molecule has 1 aliphatic rings. The Morgan fingerprint density at radius 2 is 1.87 bits per heavy atom. The van der Waals surface area contributed by atoms with Crippen molar-refractivity contribution in [1.29, 1.82) is 0 Å². The van der Waals surface area contributed by atoms with Crippen LogP contribution in [0, 0.1) is 0 Å². The summed E-state index contributed by atoms with van der Waals surface area (Å²) in [6.45, 7) is 5.16.